The lowest BCUT2D eigenvalue weighted by Gasteiger charge is -2.30. The number of hydrogen-bond donors (Lipinski definition) is 2. The number of thiocarbonyl (C=S) groups is 1. The van der Waals surface area contributed by atoms with E-state index in [1.807, 2.05) is 35.2 Å². The molecular formula is C29H31N3O4S. The van der Waals surface area contributed by atoms with Crippen LogP contribution in [0.5, 0.6) is 11.5 Å². The van der Waals surface area contributed by atoms with Crippen LogP contribution in [0.15, 0.2) is 78.9 Å². The normalized spacial score (nSPS) is 13.5. The molecule has 0 saturated carbocycles. The van der Waals surface area contributed by atoms with Crippen molar-refractivity contribution >= 4 is 34.8 Å². The van der Waals surface area contributed by atoms with Crippen LogP contribution in [0.1, 0.15) is 40.5 Å². The molecule has 7 nitrogen and oxygen atoms in total. The number of rotatable bonds is 8. The molecular weight excluding hydrogens is 486 g/mol. The van der Waals surface area contributed by atoms with Crippen LogP contribution in [0.2, 0.25) is 0 Å². The molecule has 1 aliphatic rings. The number of carbonyl (C=O) groups excluding carboxylic acids is 2. The Morgan fingerprint density at radius 1 is 0.865 bits per heavy atom. The molecule has 1 aliphatic heterocycles. The van der Waals surface area contributed by atoms with E-state index in [0.717, 1.165) is 31.7 Å². The predicted octanol–water partition coefficient (Wildman–Crippen LogP) is 5.14. The summed E-state index contributed by atoms with van der Waals surface area (Å²) in [5, 5.41) is 5.83. The Morgan fingerprint density at radius 3 is 2.19 bits per heavy atom. The Hall–Kier alpha value is -3.91. The summed E-state index contributed by atoms with van der Waals surface area (Å²) in [7, 11) is 0. The molecule has 2 N–H and O–H groups in total. The molecule has 8 heteroatoms. The average molecular weight is 518 g/mol. The molecule has 0 aromatic heterocycles. The SMILES string of the molecule is CC1CCN(C(=O)c2cccc(NC(=S)NC(=O)c3ccc(OCCOc4ccccc4)cc3)c2)CC1. The van der Waals surface area contributed by atoms with E-state index in [1.54, 1.807) is 48.5 Å². The quantitative estimate of drug-likeness (QED) is 0.318. The third-order valence-electron chi connectivity index (χ3n) is 6.15. The summed E-state index contributed by atoms with van der Waals surface area (Å²) in [5.41, 5.74) is 1.68. The standard InChI is InChI=1S/C29H31N3O4S/c1-21-14-16-32(17-15-21)28(34)23-6-5-7-24(20-23)30-29(37)31-27(33)22-10-12-26(13-11-22)36-19-18-35-25-8-3-2-4-9-25/h2-13,20-21H,14-19H2,1H3,(H2,30,31,33,37). The van der Waals surface area contributed by atoms with Gasteiger partial charge < -0.3 is 19.7 Å². The molecule has 0 spiro atoms. The van der Waals surface area contributed by atoms with Crippen molar-refractivity contribution in [1.29, 1.82) is 0 Å². The van der Waals surface area contributed by atoms with Gasteiger partial charge in [-0.2, -0.15) is 0 Å². The Bertz CT molecular complexity index is 1210. The molecule has 1 heterocycles. The van der Waals surface area contributed by atoms with Crippen LogP contribution in [-0.2, 0) is 0 Å². The van der Waals surface area contributed by atoms with Crippen LogP contribution < -0.4 is 20.1 Å². The minimum absolute atomic E-state index is 0.0134. The topological polar surface area (TPSA) is 79.9 Å². The lowest BCUT2D eigenvalue weighted by atomic mass is 9.98. The molecule has 4 rings (SSSR count). The van der Waals surface area contributed by atoms with Gasteiger partial charge in [0.1, 0.15) is 24.7 Å². The van der Waals surface area contributed by atoms with Gasteiger partial charge in [-0.15, -0.1) is 0 Å². The van der Waals surface area contributed by atoms with Crippen LogP contribution in [0.3, 0.4) is 0 Å². The first kappa shape index (κ1) is 26.2. The lowest BCUT2D eigenvalue weighted by Crippen LogP contribution is -2.38. The number of nitrogens with one attached hydrogen (secondary N) is 2. The van der Waals surface area contributed by atoms with Gasteiger partial charge in [0.25, 0.3) is 11.8 Å². The van der Waals surface area contributed by atoms with Crippen LogP contribution in [0.4, 0.5) is 5.69 Å². The second-order valence-corrected chi connectivity index (χ2v) is 9.41. The predicted molar refractivity (Wildman–Crippen MR) is 148 cm³/mol. The van der Waals surface area contributed by atoms with Crippen molar-refractivity contribution in [2.45, 2.75) is 19.8 Å². The van der Waals surface area contributed by atoms with Crippen LogP contribution in [0.25, 0.3) is 0 Å². The van der Waals surface area contributed by atoms with Gasteiger partial charge in [0, 0.05) is 29.9 Å². The molecule has 3 aromatic carbocycles. The zero-order valence-corrected chi connectivity index (χ0v) is 21.6. The van der Waals surface area contributed by atoms with E-state index >= 15 is 0 Å². The number of piperidine rings is 1. The summed E-state index contributed by atoms with van der Waals surface area (Å²) < 4.78 is 11.3. The highest BCUT2D eigenvalue weighted by atomic mass is 32.1. The number of para-hydroxylation sites is 1. The maximum Gasteiger partial charge on any atom is 0.257 e. The van der Waals surface area contributed by atoms with E-state index in [1.165, 1.54) is 0 Å². The van der Waals surface area contributed by atoms with E-state index in [0.29, 0.717) is 41.7 Å². The zero-order chi connectivity index (χ0) is 26.0. The van der Waals surface area contributed by atoms with Crippen molar-refractivity contribution in [3.8, 4) is 11.5 Å². The molecule has 1 fully saturated rings. The number of benzene rings is 3. The third-order valence-corrected chi connectivity index (χ3v) is 6.35. The van der Waals surface area contributed by atoms with Crippen molar-refractivity contribution in [1.82, 2.24) is 10.2 Å². The fourth-order valence-corrected chi connectivity index (χ4v) is 4.21. The molecule has 3 aromatic rings. The van der Waals surface area contributed by atoms with Crippen LogP contribution in [0, 0.1) is 5.92 Å². The molecule has 2 amide bonds. The molecule has 0 unspecified atom stereocenters. The lowest BCUT2D eigenvalue weighted by molar-refractivity contribution is 0.0697. The fraction of sp³-hybridized carbons (Fsp3) is 0.276. The van der Waals surface area contributed by atoms with Gasteiger partial charge in [-0.25, -0.2) is 0 Å². The average Bonchev–Trinajstić information content (AvgIpc) is 2.92. The smallest absolute Gasteiger partial charge is 0.257 e. The number of likely N-dealkylation sites (tertiary alicyclic amines) is 1. The monoisotopic (exact) mass is 517 g/mol. The van der Waals surface area contributed by atoms with Crippen LogP contribution >= 0.6 is 12.2 Å². The summed E-state index contributed by atoms with van der Waals surface area (Å²) >= 11 is 5.32. The second-order valence-electron chi connectivity index (χ2n) is 9.00. The second kappa shape index (κ2) is 12.9. The van der Waals surface area contributed by atoms with Gasteiger partial charge in [-0.3, -0.25) is 14.9 Å². The van der Waals surface area contributed by atoms with Crippen molar-refractivity contribution < 1.29 is 19.1 Å². The summed E-state index contributed by atoms with van der Waals surface area (Å²) in [5.74, 6) is 1.75. The number of anilines is 1. The zero-order valence-electron chi connectivity index (χ0n) is 20.8. The van der Waals surface area contributed by atoms with Gasteiger partial charge in [0.15, 0.2) is 5.11 Å². The number of ether oxygens (including phenoxy) is 2. The first-order valence-corrected chi connectivity index (χ1v) is 12.8. The fourth-order valence-electron chi connectivity index (χ4n) is 4.00. The van der Waals surface area contributed by atoms with Gasteiger partial charge in [0.05, 0.1) is 0 Å². The van der Waals surface area contributed by atoms with E-state index in [9.17, 15) is 9.59 Å². The highest BCUT2D eigenvalue weighted by molar-refractivity contribution is 7.80. The maximum absolute atomic E-state index is 12.9. The van der Waals surface area contributed by atoms with Gasteiger partial charge in [-0.05, 0) is 85.6 Å². The van der Waals surface area contributed by atoms with Gasteiger partial charge >= 0.3 is 0 Å². The van der Waals surface area contributed by atoms with Crippen molar-refractivity contribution in [2.24, 2.45) is 5.92 Å². The molecule has 0 aliphatic carbocycles. The molecule has 192 valence electrons. The summed E-state index contributed by atoms with van der Waals surface area (Å²) in [6.07, 6.45) is 2.05. The van der Waals surface area contributed by atoms with E-state index in [-0.39, 0.29) is 16.9 Å². The Labute approximate surface area is 222 Å². The van der Waals surface area contributed by atoms with E-state index < -0.39 is 0 Å². The largest absolute Gasteiger partial charge is 0.490 e. The number of amides is 2. The summed E-state index contributed by atoms with van der Waals surface area (Å²) in [4.78, 5) is 27.4. The molecule has 37 heavy (non-hydrogen) atoms. The number of hydrogen-bond acceptors (Lipinski definition) is 5. The van der Waals surface area contributed by atoms with E-state index in [2.05, 4.69) is 17.6 Å². The van der Waals surface area contributed by atoms with Gasteiger partial charge in [-0.1, -0.05) is 31.2 Å². The molecule has 0 bridgehead atoms. The first-order chi connectivity index (χ1) is 18.0. The number of nitrogens with zero attached hydrogens (tertiary/aromatic N) is 1. The third kappa shape index (κ3) is 7.79. The molecule has 0 atom stereocenters. The molecule has 0 radical (unpaired) electrons. The van der Waals surface area contributed by atoms with Crippen LogP contribution in [-0.4, -0.2) is 48.1 Å². The van der Waals surface area contributed by atoms with Crippen molar-refractivity contribution in [3.63, 3.8) is 0 Å². The highest BCUT2D eigenvalue weighted by Gasteiger charge is 2.21. The summed E-state index contributed by atoms with van der Waals surface area (Å²) in [6, 6.07) is 23.5. The minimum atomic E-state index is -0.342. The van der Waals surface area contributed by atoms with Crippen molar-refractivity contribution in [3.05, 3.63) is 90.0 Å². The summed E-state index contributed by atoms with van der Waals surface area (Å²) in [6.45, 7) is 4.56. The Kier molecular flexibility index (Phi) is 9.10. The highest BCUT2D eigenvalue weighted by Crippen LogP contribution is 2.20. The van der Waals surface area contributed by atoms with Gasteiger partial charge in [0.2, 0.25) is 0 Å². The molecule has 1 saturated heterocycles. The number of carbonyl (C=O) groups is 2. The Morgan fingerprint density at radius 2 is 1.51 bits per heavy atom. The minimum Gasteiger partial charge on any atom is -0.490 e. The van der Waals surface area contributed by atoms with Crippen molar-refractivity contribution in [2.75, 3.05) is 31.6 Å². The Balaban J connectivity index is 1.23. The first-order valence-electron chi connectivity index (χ1n) is 12.4. The maximum atomic E-state index is 12.9. The van der Waals surface area contributed by atoms with E-state index in [4.69, 9.17) is 21.7 Å².